The first-order valence-corrected chi connectivity index (χ1v) is 9.37. The summed E-state index contributed by atoms with van der Waals surface area (Å²) in [5.74, 6) is 1.93. The fourth-order valence-electron chi connectivity index (χ4n) is 2.99. The van der Waals surface area contributed by atoms with Crippen LogP contribution in [0.25, 0.3) is 0 Å². The number of hydrogen-bond donors (Lipinski definition) is 0. The zero-order chi connectivity index (χ0) is 11.4. The van der Waals surface area contributed by atoms with Crippen LogP contribution in [-0.2, 0) is 0 Å². The van der Waals surface area contributed by atoms with Crippen LogP contribution in [-0.4, -0.2) is 10.5 Å². The van der Waals surface area contributed by atoms with Gasteiger partial charge in [0.25, 0.3) is 0 Å². The van der Waals surface area contributed by atoms with Crippen LogP contribution in [0.5, 0.6) is 0 Å². The molecule has 2 saturated carbocycles. The zero-order valence-corrected chi connectivity index (χ0v) is 12.4. The second-order valence-corrected chi connectivity index (χ2v) is 8.54. The van der Waals surface area contributed by atoms with Gasteiger partial charge in [0.05, 0.1) is 0 Å². The Bertz CT molecular complexity index is 183. The van der Waals surface area contributed by atoms with E-state index in [1.807, 2.05) is 0 Å². The third kappa shape index (κ3) is 3.60. The second kappa shape index (κ2) is 6.58. The van der Waals surface area contributed by atoms with E-state index in [0.717, 1.165) is 22.3 Å². The standard InChI is InChI=1S/C14H26S2/c1-11-7-3-5-9-13(11)15-16-14-10-6-4-8-12(14)2/h11-14H,3-10H2,1-2H3. The molecule has 0 aromatic rings. The van der Waals surface area contributed by atoms with E-state index in [1.54, 1.807) is 0 Å². The maximum atomic E-state index is 2.46. The normalized spacial score (nSPS) is 40.9. The zero-order valence-electron chi connectivity index (χ0n) is 10.8. The van der Waals surface area contributed by atoms with Gasteiger partial charge in [0, 0.05) is 10.5 Å². The monoisotopic (exact) mass is 258 g/mol. The van der Waals surface area contributed by atoms with Gasteiger partial charge in [0.1, 0.15) is 0 Å². The highest BCUT2D eigenvalue weighted by Gasteiger charge is 2.26. The number of hydrogen-bond acceptors (Lipinski definition) is 2. The summed E-state index contributed by atoms with van der Waals surface area (Å²) in [6, 6.07) is 0. The SMILES string of the molecule is CC1CCCCC1SSC1CCCCC1C. The van der Waals surface area contributed by atoms with Gasteiger partial charge in [0.15, 0.2) is 0 Å². The van der Waals surface area contributed by atoms with Crippen LogP contribution in [0.2, 0.25) is 0 Å². The molecule has 2 aliphatic carbocycles. The third-order valence-corrected chi connectivity index (χ3v) is 8.19. The van der Waals surface area contributed by atoms with Gasteiger partial charge < -0.3 is 0 Å². The lowest BCUT2D eigenvalue weighted by Crippen LogP contribution is -2.21. The van der Waals surface area contributed by atoms with Gasteiger partial charge in [-0.1, -0.05) is 61.1 Å². The number of rotatable bonds is 3. The van der Waals surface area contributed by atoms with Gasteiger partial charge in [-0.15, -0.1) is 0 Å². The molecule has 0 saturated heterocycles. The molecule has 2 fully saturated rings. The van der Waals surface area contributed by atoms with Crippen molar-refractivity contribution in [2.24, 2.45) is 11.8 Å². The topological polar surface area (TPSA) is 0 Å². The molecular weight excluding hydrogens is 232 g/mol. The maximum absolute atomic E-state index is 2.46. The first kappa shape index (κ1) is 13.1. The van der Waals surface area contributed by atoms with Crippen LogP contribution in [0.1, 0.15) is 65.2 Å². The molecule has 0 radical (unpaired) electrons. The summed E-state index contributed by atoms with van der Waals surface area (Å²) in [4.78, 5) is 0. The first-order chi connectivity index (χ1) is 7.77. The molecule has 2 aliphatic rings. The van der Waals surface area contributed by atoms with Crippen LogP contribution < -0.4 is 0 Å². The fraction of sp³-hybridized carbons (Fsp3) is 1.00. The Kier molecular flexibility index (Phi) is 5.41. The van der Waals surface area contributed by atoms with E-state index >= 15 is 0 Å². The van der Waals surface area contributed by atoms with Gasteiger partial charge in [-0.3, -0.25) is 0 Å². The van der Waals surface area contributed by atoms with E-state index in [-0.39, 0.29) is 0 Å². The Balaban J connectivity index is 1.72. The van der Waals surface area contributed by atoms with Crippen molar-refractivity contribution in [1.29, 1.82) is 0 Å². The third-order valence-electron chi connectivity index (χ3n) is 4.37. The highest BCUT2D eigenvalue weighted by molar-refractivity contribution is 8.77. The molecule has 0 amide bonds. The fourth-order valence-corrected chi connectivity index (χ4v) is 7.03. The van der Waals surface area contributed by atoms with Crippen LogP contribution in [0.4, 0.5) is 0 Å². The van der Waals surface area contributed by atoms with Crippen molar-refractivity contribution >= 4 is 21.6 Å². The lowest BCUT2D eigenvalue weighted by molar-refractivity contribution is 0.396. The molecule has 0 aromatic heterocycles. The Morgan fingerprint density at radius 3 is 1.38 bits per heavy atom. The molecule has 0 nitrogen and oxygen atoms in total. The van der Waals surface area contributed by atoms with Crippen molar-refractivity contribution in [3.63, 3.8) is 0 Å². The predicted molar refractivity (Wildman–Crippen MR) is 78.0 cm³/mol. The minimum atomic E-state index is 0.952. The Morgan fingerprint density at radius 1 is 0.625 bits per heavy atom. The maximum Gasteiger partial charge on any atom is 0.0177 e. The van der Waals surface area contributed by atoms with Crippen molar-refractivity contribution in [3.8, 4) is 0 Å². The molecule has 4 atom stereocenters. The molecule has 2 heteroatoms. The molecule has 0 bridgehead atoms. The minimum Gasteiger partial charge on any atom is -0.0902 e. The van der Waals surface area contributed by atoms with E-state index in [2.05, 4.69) is 35.4 Å². The van der Waals surface area contributed by atoms with Crippen molar-refractivity contribution in [3.05, 3.63) is 0 Å². The summed E-state index contributed by atoms with van der Waals surface area (Å²) in [7, 11) is 4.46. The Morgan fingerprint density at radius 2 is 1.00 bits per heavy atom. The van der Waals surface area contributed by atoms with E-state index in [1.165, 1.54) is 51.4 Å². The van der Waals surface area contributed by atoms with Gasteiger partial charge >= 0.3 is 0 Å². The summed E-state index contributed by atoms with van der Waals surface area (Å²) in [6.07, 6.45) is 11.8. The summed E-state index contributed by atoms with van der Waals surface area (Å²) < 4.78 is 0. The van der Waals surface area contributed by atoms with Crippen LogP contribution >= 0.6 is 21.6 Å². The summed E-state index contributed by atoms with van der Waals surface area (Å²) in [5, 5.41) is 1.90. The molecule has 4 unspecified atom stereocenters. The summed E-state index contributed by atoms with van der Waals surface area (Å²) in [5.41, 5.74) is 0. The van der Waals surface area contributed by atoms with E-state index in [4.69, 9.17) is 0 Å². The average molecular weight is 258 g/mol. The predicted octanol–water partition coefficient (Wildman–Crippen LogP) is 5.53. The first-order valence-electron chi connectivity index (χ1n) is 7.09. The van der Waals surface area contributed by atoms with Crippen molar-refractivity contribution in [2.45, 2.75) is 75.7 Å². The summed E-state index contributed by atoms with van der Waals surface area (Å²) >= 11 is 0. The smallest absolute Gasteiger partial charge is 0.0177 e. The quantitative estimate of drug-likeness (QED) is 0.611. The molecular formula is C14H26S2. The average Bonchev–Trinajstić information content (AvgIpc) is 2.30. The van der Waals surface area contributed by atoms with Crippen molar-refractivity contribution in [2.75, 3.05) is 0 Å². The highest BCUT2D eigenvalue weighted by Crippen LogP contribution is 2.45. The molecule has 2 rings (SSSR count). The Labute approximate surface area is 109 Å². The molecule has 94 valence electrons. The van der Waals surface area contributed by atoms with E-state index in [9.17, 15) is 0 Å². The van der Waals surface area contributed by atoms with Crippen molar-refractivity contribution < 1.29 is 0 Å². The van der Waals surface area contributed by atoms with E-state index < -0.39 is 0 Å². The second-order valence-electron chi connectivity index (χ2n) is 5.79. The van der Waals surface area contributed by atoms with Gasteiger partial charge in [-0.2, -0.15) is 0 Å². The van der Waals surface area contributed by atoms with Gasteiger partial charge in [0.2, 0.25) is 0 Å². The van der Waals surface area contributed by atoms with Crippen LogP contribution in [0.15, 0.2) is 0 Å². The van der Waals surface area contributed by atoms with Gasteiger partial charge in [-0.25, -0.2) is 0 Å². The lowest BCUT2D eigenvalue weighted by Gasteiger charge is -2.32. The largest absolute Gasteiger partial charge is 0.0902 e. The van der Waals surface area contributed by atoms with Gasteiger partial charge in [-0.05, 0) is 37.5 Å². The van der Waals surface area contributed by atoms with Crippen LogP contribution in [0, 0.1) is 11.8 Å². The molecule has 16 heavy (non-hydrogen) atoms. The molecule has 0 aliphatic heterocycles. The van der Waals surface area contributed by atoms with Crippen molar-refractivity contribution in [1.82, 2.24) is 0 Å². The highest BCUT2D eigenvalue weighted by atomic mass is 33.1. The minimum absolute atomic E-state index is 0.952. The van der Waals surface area contributed by atoms with Crippen LogP contribution in [0.3, 0.4) is 0 Å². The molecule has 0 heterocycles. The van der Waals surface area contributed by atoms with E-state index in [0.29, 0.717) is 0 Å². The molecule has 0 aromatic carbocycles. The lowest BCUT2D eigenvalue weighted by atomic mass is 9.90. The summed E-state index contributed by atoms with van der Waals surface area (Å²) in [6.45, 7) is 4.92. The molecule has 0 spiro atoms. The Hall–Kier alpha value is 0.700. The molecule has 0 N–H and O–H groups in total.